The second-order valence-corrected chi connectivity index (χ2v) is 5.05. The Morgan fingerprint density at radius 2 is 2.29 bits per heavy atom. The molecular formula is C15H23N3O3. The molecule has 0 saturated carbocycles. The molecular weight excluding hydrogens is 270 g/mol. The van der Waals surface area contributed by atoms with Crippen LogP contribution in [0.15, 0.2) is 18.3 Å². The second kappa shape index (κ2) is 7.95. The van der Waals surface area contributed by atoms with Gasteiger partial charge in [-0.1, -0.05) is 0 Å². The highest BCUT2D eigenvalue weighted by molar-refractivity contribution is 5.94. The molecule has 2 N–H and O–H groups in total. The third-order valence-corrected chi connectivity index (χ3v) is 3.54. The number of aromatic nitrogens is 1. The number of aliphatic hydroxyl groups excluding tert-OH is 1. The molecule has 0 unspecified atom stereocenters. The van der Waals surface area contributed by atoms with Crippen LogP contribution in [0.3, 0.4) is 0 Å². The third-order valence-electron chi connectivity index (χ3n) is 3.54. The van der Waals surface area contributed by atoms with E-state index in [-0.39, 0.29) is 18.6 Å². The topological polar surface area (TPSA) is 74.7 Å². The van der Waals surface area contributed by atoms with E-state index in [2.05, 4.69) is 10.3 Å². The van der Waals surface area contributed by atoms with Gasteiger partial charge < -0.3 is 20.1 Å². The summed E-state index contributed by atoms with van der Waals surface area (Å²) in [6.07, 6.45) is 3.44. The lowest BCUT2D eigenvalue weighted by molar-refractivity contribution is -0.00554. The Hall–Kier alpha value is -1.66. The smallest absolute Gasteiger partial charge is 0.254 e. The molecule has 0 radical (unpaired) electrons. The predicted octanol–water partition coefficient (Wildman–Crippen LogP) is 1.13. The molecule has 6 heteroatoms. The zero-order valence-corrected chi connectivity index (χ0v) is 12.4. The number of piperidine rings is 1. The van der Waals surface area contributed by atoms with E-state index < -0.39 is 0 Å². The van der Waals surface area contributed by atoms with Crippen LogP contribution >= 0.6 is 0 Å². The van der Waals surface area contributed by atoms with Crippen LogP contribution < -0.4 is 5.32 Å². The highest BCUT2D eigenvalue weighted by atomic mass is 16.5. The van der Waals surface area contributed by atoms with Crippen LogP contribution in [0.5, 0.6) is 0 Å². The van der Waals surface area contributed by atoms with Gasteiger partial charge in [0.1, 0.15) is 5.82 Å². The molecule has 2 heterocycles. The van der Waals surface area contributed by atoms with Gasteiger partial charge in [-0.15, -0.1) is 0 Å². The van der Waals surface area contributed by atoms with Gasteiger partial charge in [-0.2, -0.15) is 0 Å². The van der Waals surface area contributed by atoms with Crippen molar-refractivity contribution in [2.24, 2.45) is 0 Å². The Kier molecular flexibility index (Phi) is 5.95. The van der Waals surface area contributed by atoms with Crippen LogP contribution in [0.25, 0.3) is 0 Å². The standard InChI is InChI=1S/C15H23N3O3/c1-2-16-14-11-12(3-6-17-14)15(20)18-7-4-13(5-8-18)21-10-9-19/h3,6,11,13,19H,2,4-5,7-10H2,1H3,(H,16,17). The zero-order valence-electron chi connectivity index (χ0n) is 12.4. The third kappa shape index (κ3) is 4.41. The molecule has 1 amide bonds. The van der Waals surface area contributed by atoms with E-state index in [0.29, 0.717) is 25.3 Å². The van der Waals surface area contributed by atoms with Gasteiger partial charge in [-0.3, -0.25) is 4.79 Å². The molecule has 1 fully saturated rings. The Morgan fingerprint density at radius 1 is 1.52 bits per heavy atom. The number of ether oxygens (including phenoxy) is 1. The second-order valence-electron chi connectivity index (χ2n) is 5.05. The number of nitrogens with one attached hydrogen (secondary N) is 1. The molecule has 1 aromatic heterocycles. The fourth-order valence-corrected chi connectivity index (χ4v) is 2.47. The molecule has 116 valence electrons. The van der Waals surface area contributed by atoms with Gasteiger partial charge in [0.2, 0.25) is 0 Å². The normalized spacial score (nSPS) is 16.0. The summed E-state index contributed by atoms with van der Waals surface area (Å²) in [5.41, 5.74) is 0.663. The van der Waals surface area contributed by atoms with Crippen molar-refractivity contribution in [2.45, 2.75) is 25.9 Å². The fourth-order valence-electron chi connectivity index (χ4n) is 2.47. The van der Waals surface area contributed by atoms with Gasteiger partial charge in [0, 0.05) is 31.4 Å². The summed E-state index contributed by atoms with van der Waals surface area (Å²) in [7, 11) is 0. The van der Waals surface area contributed by atoms with Gasteiger partial charge >= 0.3 is 0 Å². The van der Waals surface area contributed by atoms with Crippen molar-refractivity contribution < 1.29 is 14.6 Å². The molecule has 21 heavy (non-hydrogen) atoms. The number of carbonyl (C=O) groups excluding carboxylic acids is 1. The molecule has 1 aliphatic rings. The van der Waals surface area contributed by atoms with E-state index in [9.17, 15) is 4.79 Å². The van der Waals surface area contributed by atoms with E-state index in [1.165, 1.54) is 0 Å². The van der Waals surface area contributed by atoms with Crippen molar-refractivity contribution in [3.63, 3.8) is 0 Å². The molecule has 0 atom stereocenters. The first-order valence-corrected chi connectivity index (χ1v) is 7.46. The molecule has 0 aliphatic carbocycles. The van der Waals surface area contributed by atoms with Crippen molar-refractivity contribution in [1.82, 2.24) is 9.88 Å². The van der Waals surface area contributed by atoms with Crippen LogP contribution in [0.1, 0.15) is 30.1 Å². The van der Waals surface area contributed by atoms with Gasteiger partial charge in [0.25, 0.3) is 5.91 Å². The van der Waals surface area contributed by atoms with E-state index in [1.54, 1.807) is 18.3 Å². The number of hydrogen-bond donors (Lipinski definition) is 2. The maximum absolute atomic E-state index is 12.5. The largest absolute Gasteiger partial charge is 0.394 e. The molecule has 1 aliphatic heterocycles. The van der Waals surface area contributed by atoms with Crippen molar-refractivity contribution in [1.29, 1.82) is 0 Å². The van der Waals surface area contributed by atoms with Crippen molar-refractivity contribution in [3.05, 3.63) is 23.9 Å². The van der Waals surface area contributed by atoms with Gasteiger partial charge in [-0.05, 0) is 31.9 Å². The Bertz CT molecular complexity index is 459. The first kappa shape index (κ1) is 15.7. The summed E-state index contributed by atoms with van der Waals surface area (Å²) in [5.74, 6) is 0.765. The predicted molar refractivity (Wildman–Crippen MR) is 80.4 cm³/mol. The summed E-state index contributed by atoms with van der Waals surface area (Å²) in [4.78, 5) is 18.5. The number of pyridine rings is 1. The zero-order chi connectivity index (χ0) is 15.1. The Morgan fingerprint density at radius 3 is 2.95 bits per heavy atom. The fraction of sp³-hybridized carbons (Fsp3) is 0.600. The van der Waals surface area contributed by atoms with Crippen molar-refractivity contribution in [3.8, 4) is 0 Å². The van der Waals surface area contributed by atoms with Crippen molar-refractivity contribution >= 4 is 11.7 Å². The number of hydrogen-bond acceptors (Lipinski definition) is 5. The monoisotopic (exact) mass is 293 g/mol. The van der Waals surface area contributed by atoms with E-state index in [0.717, 1.165) is 25.2 Å². The lowest BCUT2D eigenvalue weighted by Gasteiger charge is -2.32. The number of likely N-dealkylation sites (tertiary alicyclic amines) is 1. The van der Waals surface area contributed by atoms with Crippen molar-refractivity contribution in [2.75, 3.05) is 38.2 Å². The summed E-state index contributed by atoms with van der Waals surface area (Å²) < 4.78 is 5.51. The minimum absolute atomic E-state index is 0.0390. The number of carbonyl (C=O) groups is 1. The van der Waals surface area contributed by atoms with Crippen LogP contribution in [0.4, 0.5) is 5.82 Å². The lowest BCUT2D eigenvalue weighted by Crippen LogP contribution is -2.41. The number of amides is 1. The van der Waals surface area contributed by atoms with E-state index >= 15 is 0 Å². The SMILES string of the molecule is CCNc1cc(C(=O)N2CCC(OCCO)CC2)ccn1. The highest BCUT2D eigenvalue weighted by Crippen LogP contribution is 2.17. The van der Waals surface area contributed by atoms with Crippen LogP contribution in [0.2, 0.25) is 0 Å². The number of rotatable bonds is 6. The lowest BCUT2D eigenvalue weighted by atomic mass is 10.1. The number of anilines is 1. The van der Waals surface area contributed by atoms with Gasteiger partial charge in [0.15, 0.2) is 0 Å². The summed E-state index contributed by atoms with van der Waals surface area (Å²) in [5, 5.41) is 11.9. The first-order valence-electron chi connectivity index (χ1n) is 7.46. The molecule has 0 bridgehead atoms. The Balaban J connectivity index is 1.91. The quantitative estimate of drug-likeness (QED) is 0.822. The van der Waals surface area contributed by atoms with Crippen LogP contribution in [0, 0.1) is 0 Å². The molecule has 0 spiro atoms. The molecule has 2 rings (SSSR count). The van der Waals surface area contributed by atoms with Gasteiger partial charge in [-0.25, -0.2) is 4.98 Å². The molecule has 1 saturated heterocycles. The minimum atomic E-state index is 0.0390. The maximum Gasteiger partial charge on any atom is 0.254 e. The maximum atomic E-state index is 12.5. The number of nitrogens with zero attached hydrogens (tertiary/aromatic N) is 2. The minimum Gasteiger partial charge on any atom is -0.394 e. The summed E-state index contributed by atoms with van der Waals surface area (Å²) in [6, 6.07) is 3.54. The molecule has 1 aromatic rings. The summed E-state index contributed by atoms with van der Waals surface area (Å²) >= 11 is 0. The summed E-state index contributed by atoms with van der Waals surface area (Å²) in [6.45, 7) is 4.56. The van der Waals surface area contributed by atoms with Crippen LogP contribution in [-0.2, 0) is 4.74 Å². The average Bonchev–Trinajstić information content (AvgIpc) is 2.53. The number of aliphatic hydroxyl groups is 1. The molecule has 0 aromatic carbocycles. The van der Waals surface area contributed by atoms with Gasteiger partial charge in [0.05, 0.1) is 19.3 Å². The first-order chi connectivity index (χ1) is 10.2. The average molecular weight is 293 g/mol. The van der Waals surface area contributed by atoms with E-state index in [1.807, 2.05) is 11.8 Å². The van der Waals surface area contributed by atoms with E-state index in [4.69, 9.17) is 9.84 Å². The van der Waals surface area contributed by atoms with Crippen LogP contribution in [-0.4, -0.2) is 59.8 Å². The Labute approximate surface area is 125 Å². The molecule has 6 nitrogen and oxygen atoms in total. The highest BCUT2D eigenvalue weighted by Gasteiger charge is 2.24.